The topological polar surface area (TPSA) is 35.7 Å². The molecule has 18 heavy (non-hydrogen) atoms. The summed E-state index contributed by atoms with van der Waals surface area (Å²) in [6.45, 7) is 8.93. The summed E-state index contributed by atoms with van der Waals surface area (Å²) in [4.78, 5) is 7.30. The molecule has 0 spiro atoms. The lowest BCUT2D eigenvalue weighted by Gasteiger charge is -2.47. The summed E-state index contributed by atoms with van der Waals surface area (Å²) < 4.78 is 0. The average molecular weight is 256 g/mol. The summed E-state index contributed by atoms with van der Waals surface area (Å²) in [6, 6.07) is 0. The van der Waals surface area contributed by atoms with Crippen LogP contribution in [0.15, 0.2) is 0 Å². The summed E-state index contributed by atoms with van der Waals surface area (Å²) in [5.41, 5.74) is 6.33. The number of likely N-dealkylation sites (tertiary alicyclic amines) is 1. The van der Waals surface area contributed by atoms with Crippen molar-refractivity contribution in [2.24, 2.45) is 5.73 Å². The quantitative estimate of drug-likeness (QED) is 0.727. The van der Waals surface area contributed by atoms with Gasteiger partial charge in [-0.3, -0.25) is 4.90 Å². The molecule has 4 heteroatoms. The van der Waals surface area contributed by atoms with E-state index in [9.17, 15) is 0 Å². The van der Waals surface area contributed by atoms with Crippen LogP contribution < -0.4 is 5.73 Å². The summed E-state index contributed by atoms with van der Waals surface area (Å²) in [5.74, 6) is 0. The molecular weight excluding hydrogens is 224 g/mol. The van der Waals surface area contributed by atoms with E-state index in [-0.39, 0.29) is 5.54 Å². The Morgan fingerprint density at radius 1 is 1.11 bits per heavy atom. The van der Waals surface area contributed by atoms with Crippen LogP contribution in [-0.4, -0.2) is 80.7 Å². The fourth-order valence-electron chi connectivity index (χ4n) is 2.89. The monoisotopic (exact) mass is 256 g/mol. The second kappa shape index (κ2) is 7.43. The van der Waals surface area contributed by atoms with Gasteiger partial charge in [0, 0.05) is 12.1 Å². The van der Waals surface area contributed by atoms with Crippen LogP contribution in [0.2, 0.25) is 0 Å². The Labute approximate surface area is 113 Å². The number of hydrogen-bond acceptors (Lipinski definition) is 4. The Morgan fingerprint density at radius 3 is 2.17 bits per heavy atom. The molecule has 0 bridgehead atoms. The van der Waals surface area contributed by atoms with Gasteiger partial charge in [-0.05, 0) is 73.1 Å². The zero-order valence-corrected chi connectivity index (χ0v) is 12.8. The molecular formula is C14H32N4. The third-order valence-electron chi connectivity index (χ3n) is 4.52. The van der Waals surface area contributed by atoms with Gasteiger partial charge in [0.15, 0.2) is 0 Å². The Bertz CT molecular complexity index is 222. The van der Waals surface area contributed by atoms with Crippen molar-refractivity contribution >= 4 is 0 Å². The van der Waals surface area contributed by atoms with Crippen LogP contribution in [-0.2, 0) is 0 Å². The highest BCUT2D eigenvalue weighted by Gasteiger charge is 2.36. The van der Waals surface area contributed by atoms with Crippen molar-refractivity contribution in [1.82, 2.24) is 14.7 Å². The van der Waals surface area contributed by atoms with E-state index >= 15 is 0 Å². The molecule has 0 amide bonds. The van der Waals surface area contributed by atoms with Gasteiger partial charge in [-0.15, -0.1) is 0 Å². The Kier molecular flexibility index (Phi) is 6.57. The average Bonchev–Trinajstić information content (AvgIpc) is 2.38. The molecule has 0 saturated carbocycles. The first kappa shape index (κ1) is 15.9. The maximum atomic E-state index is 6.09. The number of hydrogen-bond donors (Lipinski definition) is 1. The summed E-state index contributed by atoms with van der Waals surface area (Å²) in [6.07, 6.45) is 3.66. The van der Waals surface area contributed by atoms with E-state index in [1.807, 2.05) is 0 Å². The molecule has 1 aliphatic rings. The molecule has 0 unspecified atom stereocenters. The van der Waals surface area contributed by atoms with Gasteiger partial charge in [0.25, 0.3) is 0 Å². The standard InChI is InChI=1S/C14H32N4/c1-5-18-11-7-14(13-15,8-12-18)17(4)10-6-9-16(2)3/h5-13,15H2,1-4H3. The van der Waals surface area contributed by atoms with E-state index in [1.165, 1.54) is 38.9 Å². The molecule has 1 rings (SSSR count). The number of nitrogens with two attached hydrogens (primary N) is 1. The van der Waals surface area contributed by atoms with Crippen LogP contribution >= 0.6 is 0 Å². The van der Waals surface area contributed by atoms with Crippen LogP contribution in [0.4, 0.5) is 0 Å². The Morgan fingerprint density at radius 2 is 1.72 bits per heavy atom. The highest BCUT2D eigenvalue weighted by molar-refractivity contribution is 4.95. The first-order valence-corrected chi connectivity index (χ1v) is 7.32. The molecule has 0 radical (unpaired) electrons. The third-order valence-corrected chi connectivity index (χ3v) is 4.52. The number of nitrogens with zero attached hydrogens (tertiary/aromatic N) is 3. The predicted molar refractivity (Wildman–Crippen MR) is 78.9 cm³/mol. The van der Waals surface area contributed by atoms with E-state index in [1.54, 1.807) is 0 Å². The highest BCUT2D eigenvalue weighted by atomic mass is 15.2. The largest absolute Gasteiger partial charge is 0.329 e. The van der Waals surface area contributed by atoms with Crippen molar-refractivity contribution in [3.8, 4) is 0 Å². The second-order valence-electron chi connectivity index (χ2n) is 5.94. The molecule has 0 aliphatic carbocycles. The molecule has 0 aromatic heterocycles. The van der Waals surface area contributed by atoms with Gasteiger partial charge in [0.05, 0.1) is 0 Å². The fraction of sp³-hybridized carbons (Fsp3) is 1.00. The summed E-state index contributed by atoms with van der Waals surface area (Å²) >= 11 is 0. The molecule has 108 valence electrons. The molecule has 1 heterocycles. The molecule has 1 fully saturated rings. The SMILES string of the molecule is CCN1CCC(CN)(N(C)CCCN(C)C)CC1. The summed E-state index contributed by atoms with van der Waals surface area (Å²) in [7, 11) is 6.53. The highest BCUT2D eigenvalue weighted by Crippen LogP contribution is 2.27. The van der Waals surface area contributed by atoms with Gasteiger partial charge in [-0.2, -0.15) is 0 Å². The first-order chi connectivity index (χ1) is 8.54. The van der Waals surface area contributed by atoms with E-state index < -0.39 is 0 Å². The second-order valence-corrected chi connectivity index (χ2v) is 5.94. The van der Waals surface area contributed by atoms with Gasteiger partial charge < -0.3 is 15.5 Å². The van der Waals surface area contributed by atoms with Crippen LogP contribution in [0.25, 0.3) is 0 Å². The van der Waals surface area contributed by atoms with Gasteiger partial charge in [-0.25, -0.2) is 0 Å². The van der Waals surface area contributed by atoms with E-state index in [4.69, 9.17) is 5.73 Å². The van der Waals surface area contributed by atoms with Gasteiger partial charge in [0.1, 0.15) is 0 Å². The third kappa shape index (κ3) is 4.19. The number of likely N-dealkylation sites (N-methyl/N-ethyl adjacent to an activating group) is 1. The minimum atomic E-state index is 0.248. The lowest BCUT2D eigenvalue weighted by Crippen LogP contribution is -2.58. The molecule has 4 nitrogen and oxygen atoms in total. The van der Waals surface area contributed by atoms with Gasteiger partial charge in [0.2, 0.25) is 0 Å². The van der Waals surface area contributed by atoms with Crippen molar-refractivity contribution in [3.05, 3.63) is 0 Å². The minimum absolute atomic E-state index is 0.248. The van der Waals surface area contributed by atoms with Crippen LogP contribution in [0.5, 0.6) is 0 Å². The molecule has 0 atom stereocenters. The van der Waals surface area contributed by atoms with Crippen LogP contribution in [0.1, 0.15) is 26.2 Å². The molecule has 0 aromatic carbocycles. The van der Waals surface area contributed by atoms with Crippen molar-refractivity contribution in [2.45, 2.75) is 31.7 Å². The van der Waals surface area contributed by atoms with Crippen LogP contribution in [0, 0.1) is 0 Å². The van der Waals surface area contributed by atoms with E-state index in [2.05, 4.69) is 42.8 Å². The van der Waals surface area contributed by atoms with Crippen molar-refractivity contribution in [2.75, 3.05) is 60.4 Å². The zero-order chi connectivity index (χ0) is 13.6. The van der Waals surface area contributed by atoms with Crippen LogP contribution in [0.3, 0.4) is 0 Å². The van der Waals surface area contributed by atoms with E-state index in [0.29, 0.717) is 0 Å². The Hall–Kier alpha value is -0.160. The number of piperidine rings is 1. The van der Waals surface area contributed by atoms with Gasteiger partial charge in [-0.1, -0.05) is 6.92 Å². The fourth-order valence-corrected chi connectivity index (χ4v) is 2.89. The smallest absolute Gasteiger partial charge is 0.0353 e. The first-order valence-electron chi connectivity index (χ1n) is 7.32. The predicted octanol–water partition coefficient (Wildman–Crippen LogP) is 0.683. The lowest BCUT2D eigenvalue weighted by atomic mass is 9.85. The minimum Gasteiger partial charge on any atom is -0.329 e. The van der Waals surface area contributed by atoms with E-state index in [0.717, 1.165) is 19.6 Å². The molecule has 2 N–H and O–H groups in total. The molecule has 1 aliphatic heterocycles. The maximum Gasteiger partial charge on any atom is 0.0353 e. The lowest BCUT2D eigenvalue weighted by molar-refractivity contribution is 0.0453. The normalized spacial score (nSPS) is 20.8. The van der Waals surface area contributed by atoms with Gasteiger partial charge >= 0.3 is 0 Å². The Balaban J connectivity index is 2.44. The molecule has 0 aromatic rings. The van der Waals surface area contributed by atoms with Crippen molar-refractivity contribution in [3.63, 3.8) is 0 Å². The maximum absolute atomic E-state index is 6.09. The molecule has 1 saturated heterocycles. The number of rotatable bonds is 7. The summed E-state index contributed by atoms with van der Waals surface area (Å²) in [5, 5.41) is 0. The van der Waals surface area contributed by atoms with Crippen molar-refractivity contribution < 1.29 is 0 Å². The zero-order valence-electron chi connectivity index (χ0n) is 12.8. The van der Waals surface area contributed by atoms with Crippen molar-refractivity contribution in [1.29, 1.82) is 0 Å².